The molecule has 0 heterocycles. The van der Waals surface area contributed by atoms with Crippen LogP contribution >= 0.6 is 7.26 Å². The van der Waals surface area contributed by atoms with Crippen molar-refractivity contribution in [2.24, 2.45) is 0 Å². The predicted octanol–water partition coefficient (Wildman–Crippen LogP) is 1.74. The van der Waals surface area contributed by atoms with E-state index in [1.807, 2.05) is 0 Å². The third kappa shape index (κ3) is 10.7. The van der Waals surface area contributed by atoms with E-state index in [4.69, 9.17) is 0 Å². The molecule has 2 heteroatoms. The Bertz CT molecular complexity index is 37.8. The van der Waals surface area contributed by atoms with Gasteiger partial charge in [-0.05, 0) is 6.92 Å². The van der Waals surface area contributed by atoms with Gasteiger partial charge in [0.2, 0.25) is 0 Å². The zero-order valence-electron chi connectivity index (χ0n) is 5.60. The summed E-state index contributed by atoms with van der Waals surface area (Å²) in [6, 6.07) is 0. The molecule has 0 unspecified atom stereocenters. The molecule has 1 nitrogen and oxygen atoms in total. The second-order valence-corrected chi connectivity index (χ2v) is 7.82. The summed E-state index contributed by atoms with van der Waals surface area (Å²) in [6.45, 7) is 9.32. The van der Waals surface area contributed by atoms with Crippen LogP contribution in [0.25, 0.3) is 0 Å². The Balaban J connectivity index is 0. The van der Waals surface area contributed by atoms with Crippen molar-refractivity contribution in [2.75, 3.05) is 26.2 Å². The van der Waals surface area contributed by atoms with Gasteiger partial charge in [-0.15, -0.1) is 0 Å². The highest BCUT2D eigenvalue weighted by Gasteiger charge is 2.10. The van der Waals surface area contributed by atoms with Crippen LogP contribution in [0.15, 0.2) is 0 Å². The number of hydrogen-bond donors (Lipinski definition) is 0. The van der Waals surface area contributed by atoms with Gasteiger partial charge in [0, 0.05) is 27.3 Å². The first-order chi connectivity index (χ1) is 2.56. The Labute approximate surface area is 46.8 Å². The summed E-state index contributed by atoms with van der Waals surface area (Å²) in [7, 11) is -0.397. The fourth-order valence-corrected chi connectivity index (χ4v) is 0. The highest BCUT2D eigenvalue weighted by molar-refractivity contribution is 7.73. The molecule has 0 bridgehead atoms. The highest BCUT2D eigenvalue weighted by atomic mass is 31.2. The second kappa shape index (κ2) is 3.40. The molecule has 1 N–H and O–H groups in total. The van der Waals surface area contributed by atoms with Gasteiger partial charge in [-0.3, -0.25) is 0 Å². The van der Waals surface area contributed by atoms with Gasteiger partial charge in [0.1, 0.15) is 0 Å². The maximum absolute atomic E-state index is 2.35. The fraction of sp³-hybridized carbons (Fsp3) is 1.00. The lowest BCUT2D eigenvalue weighted by molar-refractivity contribution is 0.824. The maximum atomic E-state index is 2.35. The second-order valence-electron chi connectivity index (χ2n) is 2.61. The van der Waals surface area contributed by atoms with Gasteiger partial charge in [-0.25, -0.2) is 0 Å². The molecule has 0 rings (SSSR count). The molecular formula is C5H15OP. The van der Waals surface area contributed by atoms with Crippen molar-refractivity contribution >= 4 is 7.26 Å². The Morgan fingerprint density at radius 1 is 1.14 bits per heavy atom. The zero-order valence-corrected chi connectivity index (χ0v) is 6.50. The van der Waals surface area contributed by atoms with Crippen molar-refractivity contribution in [3.05, 3.63) is 0 Å². The van der Waals surface area contributed by atoms with Gasteiger partial charge in [0.15, 0.2) is 0 Å². The van der Waals surface area contributed by atoms with Crippen LogP contribution in [-0.2, 0) is 0 Å². The molecule has 0 aliphatic carbocycles. The average Bonchev–Trinajstić information content (AvgIpc) is 1.35. The normalized spacial score (nSPS) is 10.3. The molecule has 0 atom stereocenters. The molecule has 0 saturated heterocycles. The van der Waals surface area contributed by atoms with Gasteiger partial charge in [0.25, 0.3) is 0 Å². The van der Waals surface area contributed by atoms with E-state index in [0.717, 1.165) is 0 Å². The Hall–Kier alpha value is 0.390. The smallest absolute Gasteiger partial charge is 0.0558 e. The van der Waals surface area contributed by atoms with E-state index in [1.165, 1.54) is 6.16 Å². The minimum absolute atomic E-state index is 0. The van der Waals surface area contributed by atoms with E-state index in [-0.39, 0.29) is 5.48 Å². The first-order valence-corrected chi connectivity index (χ1v) is 5.68. The third-order valence-corrected chi connectivity index (χ3v) is 2.85. The molecule has 0 saturated carbocycles. The molecular weight excluding hydrogens is 107 g/mol. The summed E-state index contributed by atoms with van der Waals surface area (Å²) in [5, 5.41) is 0. The van der Waals surface area contributed by atoms with Crippen LogP contribution in [-0.4, -0.2) is 31.6 Å². The summed E-state index contributed by atoms with van der Waals surface area (Å²) >= 11 is 0. The van der Waals surface area contributed by atoms with Crippen LogP contribution in [0, 0.1) is 0 Å². The van der Waals surface area contributed by atoms with Crippen molar-refractivity contribution in [2.45, 2.75) is 6.92 Å². The SMILES string of the molecule is CC[P+](C)(C)C.[OH-]. The van der Waals surface area contributed by atoms with Crippen LogP contribution in [0.4, 0.5) is 0 Å². The monoisotopic (exact) mass is 122 g/mol. The Kier molecular flexibility index (Phi) is 5.04. The van der Waals surface area contributed by atoms with Gasteiger partial charge >= 0.3 is 0 Å². The van der Waals surface area contributed by atoms with E-state index in [1.54, 1.807) is 0 Å². The summed E-state index contributed by atoms with van der Waals surface area (Å²) in [6.07, 6.45) is 1.38. The van der Waals surface area contributed by atoms with Crippen molar-refractivity contribution in [1.82, 2.24) is 0 Å². The maximum Gasteiger partial charge on any atom is 0.0558 e. The minimum Gasteiger partial charge on any atom is -0.870 e. The van der Waals surface area contributed by atoms with Gasteiger partial charge in [-0.1, -0.05) is 0 Å². The largest absolute Gasteiger partial charge is 0.870 e. The lowest BCUT2D eigenvalue weighted by Crippen LogP contribution is -1.84. The minimum atomic E-state index is -0.397. The molecule has 0 aliphatic heterocycles. The summed E-state index contributed by atoms with van der Waals surface area (Å²) < 4.78 is 0. The van der Waals surface area contributed by atoms with Crippen LogP contribution < -0.4 is 0 Å². The van der Waals surface area contributed by atoms with E-state index in [2.05, 4.69) is 26.9 Å². The number of rotatable bonds is 1. The van der Waals surface area contributed by atoms with Crippen LogP contribution in [0.5, 0.6) is 0 Å². The molecule has 0 radical (unpaired) electrons. The summed E-state index contributed by atoms with van der Waals surface area (Å²) in [4.78, 5) is 0. The lowest BCUT2D eigenvalue weighted by atomic mass is 11.0. The van der Waals surface area contributed by atoms with Gasteiger partial charge in [-0.2, -0.15) is 0 Å². The van der Waals surface area contributed by atoms with E-state index in [0.29, 0.717) is 0 Å². The Morgan fingerprint density at radius 3 is 1.29 bits per heavy atom. The molecule has 0 aliphatic rings. The molecule has 0 aromatic rings. The standard InChI is InChI=1S/C5H14P.H2O/c1-5-6(2,3)4;/h5H2,1-4H3;1H2/q+1;/p-1. The first kappa shape index (κ1) is 10.4. The van der Waals surface area contributed by atoms with Crippen LogP contribution in [0.3, 0.4) is 0 Å². The van der Waals surface area contributed by atoms with Crippen LogP contribution in [0.1, 0.15) is 6.92 Å². The topological polar surface area (TPSA) is 30.0 Å². The highest BCUT2D eigenvalue weighted by Crippen LogP contribution is 2.45. The van der Waals surface area contributed by atoms with Crippen LogP contribution in [0.2, 0.25) is 0 Å². The molecule has 0 fully saturated rings. The third-order valence-electron chi connectivity index (χ3n) is 0.949. The van der Waals surface area contributed by atoms with Crippen molar-refractivity contribution in [3.8, 4) is 0 Å². The molecule has 0 aromatic carbocycles. The first-order valence-electron chi connectivity index (χ1n) is 2.36. The van der Waals surface area contributed by atoms with E-state index < -0.39 is 7.26 Å². The predicted molar refractivity (Wildman–Crippen MR) is 37.2 cm³/mol. The van der Waals surface area contributed by atoms with Crippen molar-refractivity contribution in [3.63, 3.8) is 0 Å². The fourth-order valence-electron chi connectivity index (χ4n) is 0. The van der Waals surface area contributed by atoms with Gasteiger partial charge in [0.05, 0.1) is 6.16 Å². The molecule has 0 aromatic heterocycles. The molecule has 7 heavy (non-hydrogen) atoms. The molecule has 0 amide bonds. The van der Waals surface area contributed by atoms with E-state index in [9.17, 15) is 0 Å². The number of hydrogen-bond acceptors (Lipinski definition) is 1. The summed E-state index contributed by atoms with van der Waals surface area (Å²) in [5.74, 6) is 0. The van der Waals surface area contributed by atoms with Gasteiger partial charge < -0.3 is 5.48 Å². The average molecular weight is 122 g/mol. The molecule has 0 spiro atoms. The van der Waals surface area contributed by atoms with Crippen molar-refractivity contribution in [1.29, 1.82) is 0 Å². The van der Waals surface area contributed by atoms with Crippen molar-refractivity contribution < 1.29 is 5.48 Å². The Morgan fingerprint density at radius 2 is 1.29 bits per heavy atom. The van der Waals surface area contributed by atoms with E-state index >= 15 is 0 Å². The zero-order chi connectivity index (χ0) is 5.21. The lowest BCUT2D eigenvalue weighted by Gasteiger charge is -2.05. The summed E-state index contributed by atoms with van der Waals surface area (Å²) in [5.41, 5.74) is 0. The molecule has 46 valence electrons. The quantitative estimate of drug-likeness (QED) is 0.487.